The lowest BCUT2D eigenvalue weighted by Gasteiger charge is -2.21. The van der Waals surface area contributed by atoms with Gasteiger partial charge in [-0.2, -0.15) is 0 Å². The second-order valence-corrected chi connectivity index (χ2v) is 9.70. The van der Waals surface area contributed by atoms with Crippen LogP contribution >= 0.6 is 0 Å². The highest BCUT2D eigenvalue weighted by Crippen LogP contribution is 2.10. The zero-order valence-corrected chi connectivity index (χ0v) is 25.2. The summed E-state index contributed by atoms with van der Waals surface area (Å²) in [5.74, 6) is -0.189. The van der Waals surface area contributed by atoms with Gasteiger partial charge in [0.1, 0.15) is 11.6 Å². The van der Waals surface area contributed by atoms with Crippen LogP contribution in [0, 0.1) is 5.82 Å². The molecule has 0 radical (unpaired) electrons. The zero-order chi connectivity index (χ0) is 28.2. The Morgan fingerprint density at radius 2 is 0.838 bits per heavy atom. The van der Waals surface area contributed by atoms with Gasteiger partial charge in [-0.1, -0.05) is 80.1 Å². The number of rotatable bonds is 20. The lowest BCUT2D eigenvalue weighted by Crippen LogP contribution is -2.27. The molecule has 0 saturated carbocycles. The first kappa shape index (κ1) is 38.0. The Kier molecular flexibility index (Phi) is 30.2. The highest BCUT2D eigenvalue weighted by atomic mass is 19.1. The smallest absolute Gasteiger partial charge is 0.512 e. The Labute approximate surface area is 230 Å². The van der Waals surface area contributed by atoms with Crippen molar-refractivity contribution in [3.63, 3.8) is 0 Å². The van der Waals surface area contributed by atoms with Crippen molar-refractivity contribution in [3.8, 4) is 5.75 Å². The highest BCUT2D eigenvalue weighted by Gasteiger charge is 2.10. The topological polar surface area (TPSA) is 56.2 Å². The van der Waals surface area contributed by atoms with Crippen LogP contribution in [0.3, 0.4) is 0 Å². The molecule has 1 aromatic carbocycles. The summed E-state index contributed by atoms with van der Waals surface area (Å²) in [6.45, 7) is 21.5. The van der Waals surface area contributed by atoms with Crippen molar-refractivity contribution in [1.82, 2.24) is 9.80 Å². The second kappa shape index (κ2) is 29.4. The van der Waals surface area contributed by atoms with Gasteiger partial charge < -0.3 is 24.5 Å². The zero-order valence-electron chi connectivity index (χ0n) is 25.2. The third-order valence-electron chi connectivity index (χ3n) is 6.02. The maximum absolute atomic E-state index is 12.2. The van der Waals surface area contributed by atoms with Crippen LogP contribution in [-0.4, -0.2) is 66.4 Å². The molecule has 0 aliphatic rings. The predicted molar refractivity (Wildman–Crippen MR) is 160 cm³/mol. The molecule has 0 heterocycles. The molecule has 2 N–H and O–H groups in total. The van der Waals surface area contributed by atoms with Crippen molar-refractivity contribution in [1.29, 1.82) is 0 Å². The molecular weight excluding hydrogens is 466 g/mol. The van der Waals surface area contributed by atoms with Crippen LogP contribution in [0.1, 0.15) is 119 Å². The third kappa shape index (κ3) is 27.7. The van der Waals surface area contributed by atoms with Crippen LogP contribution in [0.4, 0.5) is 4.39 Å². The van der Waals surface area contributed by atoms with E-state index < -0.39 is 13.1 Å². The maximum Gasteiger partial charge on any atom is 0.707 e. The molecule has 0 amide bonds. The molecule has 7 heteroatoms. The van der Waals surface area contributed by atoms with Crippen molar-refractivity contribution in [2.45, 2.75) is 119 Å². The van der Waals surface area contributed by atoms with Gasteiger partial charge in [0.05, 0.1) is 0 Å². The summed E-state index contributed by atoms with van der Waals surface area (Å²) in [5.41, 5.74) is 0. The minimum atomic E-state index is -1.86. The highest BCUT2D eigenvalue weighted by molar-refractivity contribution is 6.33. The van der Waals surface area contributed by atoms with Gasteiger partial charge in [-0.15, -0.1) is 0 Å². The number of hydrogen-bond acceptors (Lipinski definition) is 5. The summed E-state index contributed by atoms with van der Waals surface area (Å²) in [4.78, 5) is 5.27. The molecule has 0 aliphatic heterocycles. The molecule has 0 aromatic heterocycles. The Hall–Kier alpha value is -1.15. The van der Waals surface area contributed by atoms with E-state index in [1.54, 1.807) is 0 Å². The summed E-state index contributed by atoms with van der Waals surface area (Å²) in [6, 6.07) is 4.93. The van der Waals surface area contributed by atoms with Gasteiger partial charge in [-0.05, 0) is 102 Å². The van der Waals surface area contributed by atoms with Crippen molar-refractivity contribution >= 4 is 7.32 Å². The largest absolute Gasteiger partial charge is 0.707 e. The molecule has 5 nitrogen and oxygen atoms in total. The van der Waals surface area contributed by atoms with Crippen LogP contribution < -0.4 is 4.65 Å². The summed E-state index contributed by atoms with van der Waals surface area (Å²) in [5, 5.41) is 16.6. The quantitative estimate of drug-likeness (QED) is 0.172. The fraction of sp³-hybridized carbons (Fsp3) is 0.800. The fourth-order valence-electron chi connectivity index (χ4n) is 3.60. The molecule has 0 spiro atoms. The van der Waals surface area contributed by atoms with Gasteiger partial charge in [-0.25, -0.2) is 4.39 Å². The number of nitrogens with zero attached hydrogens (tertiary/aromatic N) is 2. The summed E-state index contributed by atoms with van der Waals surface area (Å²) in [6.07, 6.45) is 16.2. The van der Waals surface area contributed by atoms with Gasteiger partial charge in [0.25, 0.3) is 0 Å². The fourth-order valence-corrected chi connectivity index (χ4v) is 3.60. The second-order valence-electron chi connectivity index (χ2n) is 9.70. The predicted octanol–water partition coefficient (Wildman–Crippen LogP) is 7.55. The van der Waals surface area contributed by atoms with E-state index in [-0.39, 0.29) is 5.75 Å². The molecule has 0 saturated heterocycles. The van der Waals surface area contributed by atoms with Crippen molar-refractivity contribution in [2.75, 3.05) is 39.3 Å². The average molecular weight is 527 g/mol. The van der Waals surface area contributed by atoms with Crippen LogP contribution in [0.25, 0.3) is 0 Å². The van der Waals surface area contributed by atoms with Crippen molar-refractivity contribution in [3.05, 3.63) is 30.1 Å². The molecule has 1 aromatic rings. The van der Waals surface area contributed by atoms with E-state index in [1.165, 1.54) is 128 Å². The first-order chi connectivity index (χ1) is 17.9. The Bertz CT molecular complexity index is 502. The van der Waals surface area contributed by atoms with E-state index in [0.717, 1.165) is 12.1 Å². The normalized spacial score (nSPS) is 10.6. The molecule has 0 fully saturated rings. The number of hydrogen-bond donors (Lipinski definition) is 2. The molecule has 0 unspecified atom stereocenters. The molecular formula is C30H60BFN2O3. The minimum Gasteiger partial charge on any atom is -0.512 e. The maximum atomic E-state index is 12.2. The Morgan fingerprint density at radius 1 is 0.568 bits per heavy atom. The number of halogens is 1. The standard InChI is InChI=1S/2C12H27N.C6H6BFO3/c2*1-4-7-10-13(11-8-5-2)12-9-6-3;8-5-1-3-6(4-2-5)11-7(9)10/h2*4-12H2,1-3H3;1-4,9-10H. The van der Waals surface area contributed by atoms with Gasteiger partial charge in [-0.3, -0.25) is 0 Å². The monoisotopic (exact) mass is 526 g/mol. The lowest BCUT2D eigenvalue weighted by molar-refractivity contribution is 0.261. The molecule has 37 heavy (non-hydrogen) atoms. The van der Waals surface area contributed by atoms with E-state index in [4.69, 9.17) is 10.0 Å². The SMILES string of the molecule is CCCCN(CCCC)CCCC.CCCCN(CCCC)CCCC.OB(O)Oc1ccc(F)cc1. The van der Waals surface area contributed by atoms with Crippen LogP contribution in [0.2, 0.25) is 0 Å². The van der Waals surface area contributed by atoms with Gasteiger partial charge in [0.15, 0.2) is 0 Å². The number of benzene rings is 1. The Morgan fingerprint density at radius 3 is 1.05 bits per heavy atom. The molecule has 0 aliphatic carbocycles. The van der Waals surface area contributed by atoms with Crippen LogP contribution in [-0.2, 0) is 0 Å². The van der Waals surface area contributed by atoms with E-state index in [0.29, 0.717) is 0 Å². The molecule has 0 bridgehead atoms. The van der Waals surface area contributed by atoms with E-state index in [2.05, 4.69) is 56.0 Å². The summed E-state index contributed by atoms with van der Waals surface area (Å²) >= 11 is 0. The van der Waals surface area contributed by atoms with E-state index in [9.17, 15) is 4.39 Å². The van der Waals surface area contributed by atoms with E-state index >= 15 is 0 Å². The first-order valence-corrected chi connectivity index (χ1v) is 15.1. The van der Waals surface area contributed by atoms with Crippen molar-refractivity contribution in [2.24, 2.45) is 0 Å². The van der Waals surface area contributed by atoms with Crippen LogP contribution in [0.15, 0.2) is 24.3 Å². The van der Waals surface area contributed by atoms with E-state index in [1.807, 2.05) is 0 Å². The van der Waals surface area contributed by atoms with Gasteiger partial charge in [0.2, 0.25) is 0 Å². The molecule has 218 valence electrons. The van der Waals surface area contributed by atoms with Gasteiger partial charge >= 0.3 is 7.32 Å². The average Bonchev–Trinajstić information content (AvgIpc) is 2.89. The first-order valence-electron chi connectivity index (χ1n) is 15.1. The van der Waals surface area contributed by atoms with Crippen molar-refractivity contribution < 1.29 is 19.1 Å². The number of unbranched alkanes of at least 4 members (excludes halogenated alkanes) is 6. The molecule has 1 rings (SSSR count). The van der Waals surface area contributed by atoms with Gasteiger partial charge in [0, 0.05) is 0 Å². The Balaban J connectivity index is 0. The van der Waals surface area contributed by atoms with Crippen LogP contribution in [0.5, 0.6) is 5.75 Å². The summed E-state index contributed by atoms with van der Waals surface area (Å²) < 4.78 is 16.7. The lowest BCUT2D eigenvalue weighted by atomic mass is 10.2. The molecule has 0 atom stereocenters. The minimum absolute atomic E-state index is 0.210. The third-order valence-corrected chi connectivity index (χ3v) is 6.02. The summed E-state index contributed by atoms with van der Waals surface area (Å²) in [7, 11) is -1.86.